The number of carbonyl (C=O) groups excluding carboxylic acids is 1. The van der Waals surface area contributed by atoms with Gasteiger partial charge in [0, 0.05) is 26.1 Å². The molecule has 6 heteroatoms. The van der Waals surface area contributed by atoms with Crippen molar-refractivity contribution in [1.29, 1.82) is 0 Å². The van der Waals surface area contributed by atoms with Gasteiger partial charge in [-0.15, -0.1) is 0 Å². The highest BCUT2D eigenvalue weighted by Crippen LogP contribution is 2.26. The molecule has 0 bridgehead atoms. The highest BCUT2D eigenvalue weighted by Gasteiger charge is 2.28. The summed E-state index contributed by atoms with van der Waals surface area (Å²) in [5.41, 5.74) is 0. The van der Waals surface area contributed by atoms with Crippen molar-refractivity contribution in [2.45, 2.75) is 39.5 Å². The van der Waals surface area contributed by atoms with Crippen molar-refractivity contribution in [3.05, 3.63) is 0 Å². The van der Waals surface area contributed by atoms with Crippen molar-refractivity contribution < 1.29 is 14.7 Å². The molecule has 1 saturated heterocycles. The first kappa shape index (κ1) is 17.8. The van der Waals surface area contributed by atoms with Crippen LogP contribution in [0.15, 0.2) is 0 Å². The van der Waals surface area contributed by atoms with Gasteiger partial charge in [0.15, 0.2) is 0 Å². The molecule has 0 aromatic heterocycles. The second-order valence-corrected chi connectivity index (χ2v) is 5.86. The number of urea groups is 1. The highest BCUT2D eigenvalue weighted by atomic mass is 16.4. The zero-order chi connectivity index (χ0) is 15.7. The van der Waals surface area contributed by atoms with E-state index >= 15 is 0 Å². The van der Waals surface area contributed by atoms with Crippen LogP contribution in [0.5, 0.6) is 0 Å². The first-order valence-electron chi connectivity index (χ1n) is 7.99. The van der Waals surface area contributed by atoms with Crippen LogP contribution in [0, 0.1) is 11.8 Å². The number of carbonyl (C=O) groups is 2. The second kappa shape index (κ2) is 9.60. The standard InChI is InChI=1S/C15H29N3O3/c1-3-16-7-5-8-17-15(21)18-9-4-6-13(11-18)12(2)10-14(19)20/h12-13,16H,3-11H2,1-2H3,(H,17,21)(H,19,20). The molecule has 122 valence electrons. The summed E-state index contributed by atoms with van der Waals surface area (Å²) in [5, 5.41) is 15.0. The number of hydrogen-bond donors (Lipinski definition) is 3. The lowest BCUT2D eigenvalue weighted by Crippen LogP contribution is -2.47. The molecule has 1 aliphatic rings. The van der Waals surface area contributed by atoms with Crippen LogP contribution in [0.4, 0.5) is 4.79 Å². The van der Waals surface area contributed by atoms with Gasteiger partial charge in [-0.05, 0) is 44.2 Å². The van der Waals surface area contributed by atoms with Crippen LogP contribution < -0.4 is 10.6 Å². The van der Waals surface area contributed by atoms with Crippen LogP contribution in [0.1, 0.15) is 39.5 Å². The Morgan fingerprint density at radius 2 is 2.14 bits per heavy atom. The first-order valence-corrected chi connectivity index (χ1v) is 7.99. The maximum atomic E-state index is 12.1. The molecule has 2 atom stereocenters. The molecule has 0 radical (unpaired) electrons. The number of hydrogen-bond acceptors (Lipinski definition) is 3. The second-order valence-electron chi connectivity index (χ2n) is 5.86. The predicted molar refractivity (Wildman–Crippen MR) is 82.3 cm³/mol. The summed E-state index contributed by atoms with van der Waals surface area (Å²) < 4.78 is 0. The van der Waals surface area contributed by atoms with Gasteiger partial charge in [0.2, 0.25) is 0 Å². The number of amides is 2. The summed E-state index contributed by atoms with van der Waals surface area (Å²) in [7, 11) is 0. The fourth-order valence-electron chi connectivity index (χ4n) is 2.80. The number of aliphatic carboxylic acids is 1. The van der Waals surface area contributed by atoms with Gasteiger partial charge in [-0.2, -0.15) is 0 Å². The summed E-state index contributed by atoms with van der Waals surface area (Å²) in [4.78, 5) is 24.7. The average Bonchev–Trinajstić information content (AvgIpc) is 2.46. The van der Waals surface area contributed by atoms with Gasteiger partial charge in [0.1, 0.15) is 0 Å². The number of rotatable bonds is 8. The first-order chi connectivity index (χ1) is 10.0. The lowest BCUT2D eigenvalue weighted by Gasteiger charge is -2.35. The number of carboxylic acids is 1. The topological polar surface area (TPSA) is 81.7 Å². The maximum absolute atomic E-state index is 12.1. The van der Waals surface area contributed by atoms with Crippen molar-refractivity contribution in [3.63, 3.8) is 0 Å². The fraction of sp³-hybridized carbons (Fsp3) is 0.867. The molecular formula is C15H29N3O3. The van der Waals surface area contributed by atoms with Gasteiger partial charge in [0.05, 0.1) is 0 Å². The summed E-state index contributed by atoms with van der Waals surface area (Å²) in [5.74, 6) is -0.346. The van der Waals surface area contributed by atoms with E-state index < -0.39 is 5.97 Å². The predicted octanol–water partition coefficient (Wildman–Crippen LogP) is 1.52. The molecule has 21 heavy (non-hydrogen) atoms. The third-order valence-electron chi connectivity index (χ3n) is 4.10. The summed E-state index contributed by atoms with van der Waals surface area (Å²) in [6.07, 6.45) is 3.08. The van der Waals surface area contributed by atoms with Gasteiger partial charge in [0.25, 0.3) is 0 Å². The van der Waals surface area contributed by atoms with E-state index in [-0.39, 0.29) is 18.4 Å². The number of likely N-dealkylation sites (tertiary alicyclic amines) is 1. The minimum Gasteiger partial charge on any atom is -0.481 e. The van der Waals surface area contributed by atoms with E-state index in [1.807, 2.05) is 11.8 Å². The van der Waals surface area contributed by atoms with Gasteiger partial charge in [-0.25, -0.2) is 4.79 Å². The van der Waals surface area contributed by atoms with Gasteiger partial charge >= 0.3 is 12.0 Å². The third kappa shape index (κ3) is 6.80. The van der Waals surface area contributed by atoms with E-state index in [0.717, 1.165) is 38.9 Å². The lowest BCUT2D eigenvalue weighted by molar-refractivity contribution is -0.138. The quantitative estimate of drug-likeness (QED) is 0.594. The number of nitrogens with one attached hydrogen (secondary N) is 2. The molecule has 0 spiro atoms. The van der Waals surface area contributed by atoms with Crippen molar-refractivity contribution in [2.75, 3.05) is 32.7 Å². The van der Waals surface area contributed by atoms with E-state index in [1.165, 1.54) is 0 Å². The Labute approximate surface area is 127 Å². The van der Waals surface area contributed by atoms with Crippen molar-refractivity contribution >= 4 is 12.0 Å². The Bertz CT molecular complexity index is 336. The number of piperidine rings is 1. The van der Waals surface area contributed by atoms with Crippen molar-refractivity contribution in [1.82, 2.24) is 15.5 Å². The largest absolute Gasteiger partial charge is 0.481 e. The Hall–Kier alpha value is -1.30. The summed E-state index contributed by atoms with van der Waals surface area (Å²) in [6.45, 7) is 8.01. The highest BCUT2D eigenvalue weighted by molar-refractivity contribution is 5.74. The van der Waals surface area contributed by atoms with E-state index in [1.54, 1.807) is 0 Å². The monoisotopic (exact) mass is 299 g/mol. The Balaban J connectivity index is 2.30. The number of carboxylic acid groups (broad SMARTS) is 1. The van der Waals surface area contributed by atoms with E-state index in [0.29, 0.717) is 19.0 Å². The van der Waals surface area contributed by atoms with Gasteiger partial charge in [-0.3, -0.25) is 4.79 Å². The molecular weight excluding hydrogens is 270 g/mol. The van der Waals surface area contributed by atoms with E-state index in [4.69, 9.17) is 5.11 Å². The molecule has 1 aliphatic heterocycles. The molecule has 6 nitrogen and oxygen atoms in total. The van der Waals surface area contributed by atoms with Crippen molar-refractivity contribution in [3.8, 4) is 0 Å². The fourth-order valence-corrected chi connectivity index (χ4v) is 2.80. The Morgan fingerprint density at radius 1 is 1.38 bits per heavy atom. The normalized spacial score (nSPS) is 20.1. The Morgan fingerprint density at radius 3 is 2.81 bits per heavy atom. The SMILES string of the molecule is CCNCCCNC(=O)N1CCCC(C(C)CC(=O)O)C1. The molecule has 3 N–H and O–H groups in total. The summed E-state index contributed by atoms with van der Waals surface area (Å²) in [6, 6.07) is -0.0151. The minimum absolute atomic E-state index is 0.0151. The molecule has 1 fully saturated rings. The molecule has 1 heterocycles. The molecule has 0 aromatic rings. The van der Waals surface area contributed by atoms with Gasteiger partial charge < -0.3 is 20.6 Å². The van der Waals surface area contributed by atoms with Crippen LogP contribution in [0.3, 0.4) is 0 Å². The van der Waals surface area contributed by atoms with Crippen LogP contribution in [0.2, 0.25) is 0 Å². The van der Waals surface area contributed by atoms with Crippen molar-refractivity contribution in [2.24, 2.45) is 11.8 Å². The third-order valence-corrected chi connectivity index (χ3v) is 4.10. The van der Waals surface area contributed by atoms with E-state index in [9.17, 15) is 9.59 Å². The van der Waals surface area contributed by atoms with Crippen LogP contribution in [-0.4, -0.2) is 54.7 Å². The molecule has 0 saturated carbocycles. The lowest BCUT2D eigenvalue weighted by atomic mass is 9.85. The zero-order valence-corrected chi connectivity index (χ0v) is 13.2. The molecule has 2 amide bonds. The molecule has 1 rings (SSSR count). The van der Waals surface area contributed by atoms with Crippen LogP contribution in [0.25, 0.3) is 0 Å². The maximum Gasteiger partial charge on any atom is 0.317 e. The molecule has 2 unspecified atom stereocenters. The average molecular weight is 299 g/mol. The minimum atomic E-state index is -0.757. The summed E-state index contributed by atoms with van der Waals surface area (Å²) >= 11 is 0. The molecule has 0 aliphatic carbocycles. The van der Waals surface area contributed by atoms with E-state index in [2.05, 4.69) is 17.6 Å². The van der Waals surface area contributed by atoms with Crippen LogP contribution >= 0.6 is 0 Å². The molecule has 0 aromatic carbocycles. The number of nitrogens with zero attached hydrogens (tertiary/aromatic N) is 1. The van der Waals surface area contributed by atoms with Gasteiger partial charge in [-0.1, -0.05) is 13.8 Å². The smallest absolute Gasteiger partial charge is 0.317 e. The van der Waals surface area contributed by atoms with Crippen LogP contribution in [-0.2, 0) is 4.79 Å². The Kier molecular flexibility index (Phi) is 8.12. The zero-order valence-electron chi connectivity index (χ0n) is 13.2.